The van der Waals surface area contributed by atoms with Crippen molar-refractivity contribution in [3.05, 3.63) is 72.4 Å². The van der Waals surface area contributed by atoms with Gasteiger partial charge in [0.05, 0.1) is 25.4 Å². The highest BCUT2D eigenvalue weighted by molar-refractivity contribution is 5.93. The first kappa shape index (κ1) is 20.3. The highest BCUT2D eigenvalue weighted by Crippen LogP contribution is 2.23. The fraction of sp³-hybridized carbons (Fsp3) is 0.227. The van der Waals surface area contributed by atoms with Crippen LogP contribution in [0.15, 0.2) is 66.9 Å². The molecule has 0 aliphatic rings. The fourth-order valence-electron chi connectivity index (χ4n) is 3.03. The number of para-hydroxylation sites is 1. The van der Waals surface area contributed by atoms with Crippen LogP contribution in [0.3, 0.4) is 0 Å². The molecule has 1 heterocycles. The van der Waals surface area contributed by atoms with E-state index in [0.29, 0.717) is 6.54 Å². The van der Waals surface area contributed by atoms with Crippen molar-refractivity contribution in [3.8, 4) is 16.9 Å². The van der Waals surface area contributed by atoms with Gasteiger partial charge >= 0.3 is 6.09 Å². The zero-order valence-corrected chi connectivity index (χ0v) is 16.8. The van der Waals surface area contributed by atoms with Gasteiger partial charge < -0.3 is 9.64 Å². The number of ether oxygens (including phenoxy) is 1. The van der Waals surface area contributed by atoms with Gasteiger partial charge in [0.2, 0.25) is 0 Å². The summed E-state index contributed by atoms with van der Waals surface area (Å²) in [6.07, 6.45) is 1.24. The SMILES string of the molecule is COC(=O)NC(=O)[C@@H](C)[NH+](C)Cc1cn(-c2ccccc2)nc1-c1ccccc1. The summed E-state index contributed by atoms with van der Waals surface area (Å²) >= 11 is 0. The first-order valence-corrected chi connectivity index (χ1v) is 9.40. The molecular formula is C22H25N4O3+. The summed E-state index contributed by atoms with van der Waals surface area (Å²) in [6, 6.07) is 19.4. The number of hydrogen-bond acceptors (Lipinski definition) is 4. The van der Waals surface area contributed by atoms with Crippen LogP contribution < -0.4 is 10.2 Å². The number of nitrogens with zero attached hydrogens (tertiary/aromatic N) is 2. The Morgan fingerprint density at radius 3 is 2.34 bits per heavy atom. The van der Waals surface area contributed by atoms with Crippen LogP contribution in [0.2, 0.25) is 0 Å². The van der Waals surface area contributed by atoms with Crippen molar-refractivity contribution in [1.29, 1.82) is 0 Å². The number of carbonyl (C=O) groups excluding carboxylic acids is 2. The number of carbonyl (C=O) groups is 2. The van der Waals surface area contributed by atoms with Crippen molar-refractivity contribution < 1.29 is 19.2 Å². The molecule has 3 rings (SSSR count). The summed E-state index contributed by atoms with van der Waals surface area (Å²) in [5, 5.41) is 7.03. The van der Waals surface area contributed by atoms with Crippen LogP contribution in [0.25, 0.3) is 16.9 Å². The number of nitrogens with one attached hydrogen (secondary N) is 2. The Bertz CT molecular complexity index is 970. The molecule has 0 saturated carbocycles. The van der Waals surface area contributed by atoms with Crippen LogP contribution in [0.4, 0.5) is 4.79 Å². The van der Waals surface area contributed by atoms with Crippen molar-refractivity contribution in [3.63, 3.8) is 0 Å². The van der Waals surface area contributed by atoms with Crippen LogP contribution in [0.5, 0.6) is 0 Å². The van der Waals surface area contributed by atoms with Gasteiger partial charge in [-0.05, 0) is 19.1 Å². The Balaban J connectivity index is 1.88. The average molecular weight is 393 g/mol. The molecule has 2 atom stereocenters. The average Bonchev–Trinajstić information content (AvgIpc) is 3.18. The van der Waals surface area contributed by atoms with Crippen molar-refractivity contribution in [1.82, 2.24) is 15.1 Å². The van der Waals surface area contributed by atoms with Gasteiger partial charge in [-0.25, -0.2) is 9.48 Å². The Morgan fingerprint density at radius 2 is 1.72 bits per heavy atom. The molecule has 150 valence electrons. The predicted octanol–water partition coefficient (Wildman–Crippen LogP) is 1.83. The van der Waals surface area contributed by atoms with Crippen molar-refractivity contribution in [2.75, 3.05) is 14.2 Å². The molecule has 0 radical (unpaired) electrons. The number of rotatable bonds is 6. The molecule has 3 aromatic rings. The highest BCUT2D eigenvalue weighted by Gasteiger charge is 2.26. The van der Waals surface area contributed by atoms with Crippen molar-refractivity contribution >= 4 is 12.0 Å². The monoisotopic (exact) mass is 393 g/mol. The van der Waals surface area contributed by atoms with Crippen molar-refractivity contribution in [2.24, 2.45) is 0 Å². The third-order valence-electron chi connectivity index (χ3n) is 4.87. The van der Waals surface area contributed by atoms with Gasteiger partial charge in [-0.15, -0.1) is 0 Å². The van der Waals surface area contributed by atoms with Crippen molar-refractivity contribution in [2.45, 2.75) is 19.5 Å². The van der Waals surface area contributed by atoms with Gasteiger partial charge in [-0.1, -0.05) is 48.5 Å². The number of hydrogen-bond donors (Lipinski definition) is 2. The van der Waals surface area contributed by atoms with Crippen LogP contribution in [0.1, 0.15) is 12.5 Å². The summed E-state index contributed by atoms with van der Waals surface area (Å²) in [5.41, 5.74) is 3.85. The van der Waals surface area contributed by atoms with Gasteiger partial charge in [0.15, 0.2) is 6.04 Å². The Morgan fingerprint density at radius 1 is 1.10 bits per heavy atom. The maximum Gasteiger partial charge on any atom is 0.413 e. The van der Waals surface area contributed by atoms with Gasteiger partial charge in [0, 0.05) is 11.8 Å². The van der Waals surface area contributed by atoms with Crippen LogP contribution >= 0.6 is 0 Å². The van der Waals surface area contributed by atoms with Gasteiger partial charge in [0.1, 0.15) is 12.2 Å². The second-order valence-corrected chi connectivity index (χ2v) is 6.87. The largest absolute Gasteiger partial charge is 0.453 e. The first-order valence-electron chi connectivity index (χ1n) is 9.40. The van der Waals surface area contributed by atoms with E-state index in [0.717, 1.165) is 27.4 Å². The fourth-order valence-corrected chi connectivity index (χ4v) is 3.03. The molecular weight excluding hydrogens is 368 g/mol. The number of imide groups is 1. The zero-order chi connectivity index (χ0) is 20.8. The zero-order valence-electron chi connectivity index (χ0n) is 16.8. The smallest absolute Gasteiger partial charge is 0.413 e. The quantitative estimate of drug-likeness (QED) is 0.670. The number of benzene rings is 2. The molecule has 1 aromatic heterocycles. The van der Waals surface area contributed by atoms with E-state index in [9.17, 15) is 9.59 Å². The van der Waals surface area contributed by atoms with Gasteiger partial charge in [-0.2, -0.15) is 5.10 Å². The number of quaternary nitrogens is 1. The van der Waals surface area contributed by atoms with E-state index in [4.69, 9.17) is 5.10 Å². The molecule has 1 unspecified atom stereocenters. The maximum atomic E-state index is 12.3. The molecule has 29 heavy (non-hydrogen) atoms. The molecule has 0 fully saturated rings. The van der Waals surface area contributed by atoms with E-state index in [-0.39, 0.29) is 5.91 Å². The van der Waals surface area contributed by atoms with E-state index in [1.54, 1.807) is 6.92 Å². The molecule has 2 N–H and O–H groups in total. The molecule has 0 saturated heterocycles. The molecule has 7 nitrogen and oxygen atoms in total. The van der Waals surface area contributed by atoms with E-state index in [2.05, 4.69) is 10.1 Å². The Kier molecular flexibility index (Phi) is 6.41. The lowest BCUT2D eigenvalue weighted by atomic mass is 10.1. The second kappa shape index (κ2) is 9.16. The molecule has 0 aliphatic carbocycles. The lowest BCUT2D eigenvalue weighted by Crippen LogP contribution is -3.12. The van der Waals surface area contributed by atoms with Crippen LogP contribution in [-0.4, -0.2) is 42.0 Å². The molecule has 2 amide bonds. The highest BCUT2D eigenvalue weighted by atomic mass is 16.5. The van der Waals surface area contributed by atoms with Gasteiger partial charge in [0.25, 0.3) is 5.91 Å². The van der Waals surface area contributed by atoms with E-state index < -0.39 is 12.1 Å². The summed E-state index contributed by atoms with van der Waals surface area (Å²) in [4.78, 5) is 24.5. The summed E-state index contributed by atoms with van der Waals surface area (Å²) in [6.45, 7) is 2.34. The standard InChI is InChI=1S/C22H24N4O3/c1-16(21(27)23-22(28)29-3)25(2)14-18-15-26(19-12-8-5-9-13-19)24-20(18)17-10-6-4-7-11-17/h4-13,15-16H,14H2,1-3H3,(H,23,27,28)/p+1/t16-/m1/s1. The van der Waals surface area contributed by atoms with Crippen LogP contribution in [0, 0.1) is 0 Å². The predicted molar refractivity (Wildman–Crippen MR) is 110 cm³/mol. The molecule has 0 bridgehead atoms. The summed E-state index contributed by atoms with van der Waals surface area (Å²) in [5.74, 6) is -0.383. The number of alkyl carbamates (subject to hydrolysis) is 1. The summed E-state index contributed by atoms with van der Waals surface area (Å²) < 4.78 is 6.36. The van der Waals surface area contributed by atoms with E-state index in [1.807, 2.05) is 78.6 Å². The Labute approximate surface area is 169 Å². The normalized spacial score (nSPS) is 12.8. The number of aromatic nitrogens is 2. The molecule has 0 spiro atoms. The molecule has 0 aliphatic heterocycles. The number of likely N-dealkylation sites (N-methyl/N-ethyl adjacent to an activating group) is 1. The lowest BCUT2D eigenvalue weighted by molar-refractivity contribution is -0.908. The molecule has 2 aromatic carbocycles. The third kappa shape index (κ3) is 4.89. The minimum atomic E-state index is -0.753. The minimum absolute atomic E-state index is 0.383. The maximum absolute atomic E-state index is 12.3. The first-order chi connectivity index (χ1) is 14.0. The third-order valence-corrected chi connectivity index (χ3v) is 4.87. The lowest BCUT2D eigenvalue weighted by Gasteiger charge is -2.20. The second-order valence-electron chi connectivity index (χ2n) is 6.87. The van der Waals surface area contributed by atoms with E-state index in [1.165, 1.54) is 7.11 Å². The topological polar surface area (TPSA) is 77.7 Å². The molecule has 7 heteroatoms. The number of amides is 2. The van der Waals surface area contributed by atoms with Gasteiger partial charge in [-0.3, -0.25) is 10.1 Å². The van der Waals surface area contributed by atoms with Crippen LogP contribution in [-0.2, 0) is 16.1 Å². The summed E-state index contributed by atoms with van der Waals surface area (Å²) in [7, 11) is 3.14. The van der Waals surface area contributed by atoms with E-state index >= 15 is 0 Å². The minimum Gasteiger partial charge on any atom is -0.453 e. The number of methoxy groups -OCH3 is 1. The Hall–Kier alpha value is -3.45.